The van der Waals surface area contributed by atoms with Crippen molar-refractivity contribution in [2.45, 2.75) is 57.8 Å². The number of fused-ring (bicyclic) bond motifs is 1. The molecule has 5 nitrogen and oxygen atoms in total. The van der Waals surface area contributed by atoms with E-state index in [1.54, 1.807) is 0 Å². The molecule has 2 fully saturated rings. The summed E-state index contributed by atoms with van der Waals surface area (Å²) in [5.41, 5.74) is 1.49. The highest BCUT2D eigenvalue weighted by molar-refractivity contribution is 6.65. The average molecular weight is 328 g/mol. The standard InChI is InChI=1S/C18H25BN2O3/c1-17(2)18(3,4)24-19(23-17)15-8-5-9-16-14(15)11-20-21(16)13-7-6-10-22-12-13/h5,8-9,11,13H,6-7,10,12H2,1-4H3. The Morgan fingerprint density at radius 1 is 1.17 bits per heavy atom. The second-order valence-corrected chi connectivity index (χ2v) is 7.83. The molecule has 2 aromatic rings. The van der Waals surface area contributed by atoms with E-state index in [0.717, 1.165) is 42.4 Å². The first-order chi connectivity index (χ1) is 11.4. The van der Waals surface area contributed by atoms with Gasteiger partial charge in [-0.15, -0.1) is 0 Å². The molecule has 3 heterocycles. The molecule has 128 valence electrons. The summed E-state index contributed by atoms with van der Waals surface area (Å²) in [7, 11) is -0.362. The summed E-state index contributed by atoms with van der Waals surface area (Å²) in [4.78, 5) is 0. The van der Waals surface area contributed by atoms with Crippen LogP contribution in [0, 0.1) is 0 Å². The van der Waals surface area contributed by atoms with Gasteiger partial charge in [0.25, 0.3) is 0 Å². The van der Waals surface area contributed by atoms with Crippen LogP contribution in [0.2, 0.25) is 0 Å². The van der Waals surface area contributed by atoms with E-state index < -0.39 is 0 Å². The van der Waals surface area contributed by atoms with Crippen LogP contribution in [-0.2, 0) is 14.0 Å². The van der Waals surface area contributed by atoms with Crippen molar-refractivity contribution in [3.8, 4) is 0 Å². The van der Waals surface area contributed by atoms with E-state index in [9.17, 15) is 0 Å². The van der Waals surface area contributed by atoms with Gasteiger partial charge in [0, 0.05) is 12.0 Å². The van der Waals surface area contributed by atoms with Crippen LogP contribution in [0.4, 0.5) is 0 Å². The van der Waals surface area contributed by atoms with Crippen LogP contribution in [0.1, 0.15) is 46.6 Å². The number of hydrogen-bond acceptors (Lipinski definition) is 4. The predicted octanol–water partition coefficient (Wildman–Crippen LogP) is 2.69. The van der Waals surface area contributed by atoms with Gasteiger partial charge in [0.15, 0.2) is 0 Å². The summed E-state index contributed by atoms with van der Waals surface area (Å²) in [5.74, 6) is 0. The molecular formula is C18H25BN2O3. The Kier molecular flexibility index (Phi) is 3.75. The first-order valence-corrected chi connectivity index (χ1v) is 8.78. The zero-order valence-corrected chi connectivity index (χ0v) is 14.9. The molecule has 0 spiro atoms. The van der Waals surface area contributed by atoms with Crippen LogP contribution in [-0.4, -0.2) is 41.3 Å². The van der Waals surface area contributed by atoms with E-state index in [-0.39, 0.29) is 18.3 Å². The van der Waals surface area contributed by atoms with Crippen molar-refractivity contribution < 1.29 is 14.0 Å². The maximum atomic E-state index is 6.23. The van der Waals surface area contributed by atoms with Gasteiger partial charge in [0.2, 0.25) is 0 Å². The molecule has 1 unspecified atom stereocenters. The molecular weight excluding hydrogens is 303 g/mol. The topological polar surface area (TPSA) is 45.5 Å². The van der Waals surface area contributed by atoms with Gasteiger partial charge < -0.3 is 14.0 Å². The third kappa shape index (κ3) is 2.48. The molecule has 0 saturated carbocycles. The first kappa shape index (κ1) is 16.1. The molecule has 4 rings (SSSR count). The minimum atomic E-state index is -0.362. The van der Waals surface area contributed by atoms with E-state index in [4.69, 9.17) is 14.0 Å². The Labute approximate surface area is 143 Å². The predicted molar refractivity (Wildman–Crippen MR) is 94.5 cm³/mol. The van der Waals surface area contributed by atoms with Gasteiger partial charge in [0.1, 0.15) is 0 Å². The minimum Gasteiger partial charge on any atom is -0.399 e. The molecule has 1 aromatic heterocycles. The lowest BCUT2D eigenvalue weighted by molar-refractivity contribution is 0.00578. The van der Waals surface area contributed by atoms with Crippen molar-refractivity contribution in [3.05, 3.63) is 24.4 Å². The number of nitrogens with zero attached hydrogens (tertiary/aromatic N) is 2. The van der Waals surface area contributed by atoms with Crippen molar-refractivity contribution in [2.24, 2.45) is 0 Å². The lowest BCUT2D eigenvalue weighted by Gasteiger charge is -2.32. The van der Waals surface area contributed by atoms with Gasteiger partial charge in [-0.25, -0.2) is 0 Å². The van der Waals surface area contributed by atoms with Crippen molar-refractivity contribution >= 4 is 23.5 Å². The van der Waals surface area contributed by atoms with Crippen molar-refractivity contribution in [3.63, 3.8) is 0 Å². The van der Waals surface area contributed by atoms with Crippen molar-refractivity contribution in [1.29, 1.82) is 0 Å². The van der Waals surface area contributed by atoms with E-state index in [1.807, 2.05) is 6.20 Å². The molecule has 24 heavy (non-hydrogen) atoms. The second-order valence-electron chi connectivity index (χ2n) is 7.83. The summed E-state index contributed by atoms with van der Waals surface area (Å²) >= 11 is 0. The van der Waals surface area contributed by atoms with Crippen LogP contribution in [0.5, 0.6) is 0 Å². The number of aromatic nitrogens is 2. The summed E-state index contributed by atoms with van der Waals surface area (Å²) in [6, 6.07) is 6.56. The molecule has 2 saturated heterocycles. The smallest absolute Gasteiger partial charge is 0.399 e. The van der Waals surface area contributed by atoms with Gasteiger partial charge in [-0.3, -0.25) is 4.68 Å². The highest BCUT2D eigenvalue weighted by atomic mass is 16.7. The maximum absolute atomic E-state index is 6.23. The number of rotatable bonds is 2. The lowest BCUT2D eigenvalue weighted by Crippen LogP contribution is -2.41. The average Bonchev–Trinajstić information content (AvgIpc) is 3.06. The quantitative estimate of drug-likeness (QED) is 0.795. The van der Waals surface area contributed by atoms with Crippen molar-refractivity contribution in [2.75, 3.05) is 13.2 Å². The summed E-state index contributed by atoms with van der Waals surface area (Å²) in [6.45, 7) is 9.91. The third-order valence-corrected chi connectivity index (χ3v) is 5.66. The minimum absolute atomic E-state index is 0.310. The number of benzene rings is 1. The molecule has 6 heteroatoms. The van der Waals surface area contributed by atoms with Gasteiger partial charge >= 0.3 is 7.12 Å². The van der Waals surface area contributed by atoms with Gasteiger partial charge in [0.05, 0.1) is 35.6 Å². The molecule has 2 aliphatic rings. The van der Waals surface area contributed by atoms with Gasteiger partial charge in [-0.1, -0.05) is 12.1 Å². The molecule has 0 bridgehead atoms. The molecule has 0 aliphatic carbocycles. The summed E-state index contributed by atoms with van der Waals surface area (Å²) in [6.07, 6.45) is 4.13. The highest BCUT2D eigenvalue weighted by Crippen LogP contribution is 2.37. The summed E-state index contributed by atoms with van der Waals surface area (Å²) in [5, 5.41) is 5.75. The fourth-order valence-corrected chi connectivity index (χ4v) is 3.48. The van der Waals surface area contributed by atoms with Crippen molar-refractivity contribution in [1.82, 2.24) is 9.78 Å². The third-order valence-electron chi connectivity index (χ3n) is 5.66. The fraction of sp³-hybridized carbons (Fsp3) is 0.611. The fourth-order valence-electron chi connectivity index (χ4n) is 3.48. The Balaban J connectivity index is 1.72. The SMILES string of the molecule is CC1(C)OB(c2cccc3c2cnn3C2CCCOC2)OC1(C)C. The van der Waals surface area contributed by atoms with Crippen LogP contribution in [0.25, 0.3) is 10.9 Å². The van der Waals surface area contributed by atoms with E-state index in [2.05, 4.69) is 55.7 Å². The van der Waals surface area contributed by atoms with Crippen LogP contribution in [0.3, 0.4) is 0 Å². The normalized spacial score (nSPS) is 26.2. The highest BCUT2D eigenvalue weighted by Gasteiger charge is 2.52. The second kappa shape index (κ2) is 5.58. The van der Waals surface area contributed by atoms with Gasteiger partial charge in [-0.2, -0.15) is 5.10 Å². The largest absolute Gasteiger partial charge is 0.495 e. The maximum Gasteiger partial charge on any atom is 0.495 e. The molecule has 0 radical (unpaired) electrons. The number of ether oxygens (including phenoxy) is 1. The first-order valence-electron chi connectivity index (χ1n) is 8.78. The van der Waals surface area contributed by atoms with Crippen LogP contribution < -0.4 is 5.46 Å². The molecule has 2 aliphatic heterocycles. The summed E-state index contributed by atoms with van der Waals surface area (Å²) < 4.78 is 20.2. The van der Waals surface area contributed by atoms with E-state index in [0.29, 0.717) is 6.04 Å². The Morgan fingerprint density at radius 3 is 2.58 bits per heavy atom. The zero-order valence-electron chi connectivity index (χ0n) is 14.9. The Bertz CT molecular complexity index is 734. The molecule has 1 aromatic carbocycles. The lowest BCUT2D eigenvalue weighted by atomic mass is 9.77. The molecule has 1 atom stereocenters. The zero-order chi connectivity index (χ0) is 16.9. The molecule has 0 amide bonds. The van der Waals surface area contributed by atoms with Crippen LogP contribution >= 0.6 is 0 Å². The van der Waals surface area contributed by atoms with E-state index in [1.165, 1.54) is 0 Å². The Hall–Kier alpha value is -1.37. The number of hydrogen-bond donors (Lipinski definition) is 0. The van der Waals surface area contributed by atoms with E-state index >= 15 is 0 Å². The van der Waals surface area contributed by atoms with Crippen LogP contribution in [0.15, 0.2) is 24.4 Å². The monoisotopic (exact) mass is 328 g/mol. The van der Waals surface area contributed by atoms with Gasteiger partial charge in [-0.05, 0) is 52.1 Å². The molecule has 0 N–H and O–H groups in total. The Morgan fingerprint density at radius 2 is 1.92 bits per heavy atom.